The van der Waals surface area contributed by atoms with Crippen LogP contribution in [0.1, 0.15) is 28.4 Å². The van der Waals surface area contributed by atoms with E-state index < -0.39 is 0 Å². The van der Waals surface area contributed by atoms with Gasteiger partial charge in [0.15, 0.2) is 6.29 Å². The van der Waals surface area contributed by atoms with Gasteiger partial charge in [-0.3, -0.25) is 4.79 Å². The molecule has 0 aliphatic carbocycles. The fourth-order valence-electron chi connectivity index (χ4n) is 1.84. The molecule has 0 aliphatic heterocycles. The van der Waals surface area contributed by atoms with Gasteiger partial charge in [0, 0.05) is 11.8 Å². The third-order valence-electron chi connectivity index (χ3n) is 2.71. The van der Waals surface area contributed by atoms with Crippen molar-refractivity contribution in [1.29, 1.82) is 0 Å². The smallest absolute Gasteiger partial charge is 0.152 e. The van der Waals surface area contributed by atoms with E-state index in [9.17, 15) is 4.79 Å². The Labute approximate surface area is 106 Å². The van der Waals surface area contributed by atoms with Gasteiger partial charge >= 0.3 is 0 Å². The Morgan fingerprint density at radius 1 is 1.39 bits per heavy atom. The van der Waals surface area contributed by atoms with Crippen LogP contribution in [-0.2, 0) is 0 Å². The maximum atomic E-state index is 11.2. The first kappa shape index (κ1) is 12.4. The average molecular weight is 244 g/mol. The highest BCUT2D eigenvalue weighted by molar-refractivity contribution is 5.82. The number of benzene rings is 1. The molecule has 0 N–H and O–H groups in total. The van der Waals surface area contributed by atoms with Crippen molar-refractivity contribution in [3.8, 4) is 11.4 Å². The lowest BCUT2D eigenvalue weighted by Gasteiger charge is -2.11. The summed E-state index contributed by atoms with van der Waals surface area (Å²) in [4.78, 5) is 11.2. The Bertz CT molecular complexity index is 573. The molecule has 0 atom stereocenters. The third kappa shape index (κ3) is 2.27. The quantitative estimate of drug-likeness (QED) is 0.777. The second-order valence-corrected chi connectivity index (χ2v) is 4.19. The lowest BCUT2D eigenvalue weighted by atomic mass is 10.1. The number of carbonyl (C=O) groups excluding carboxylic acids is 1. The molecule has 0 aliphatic rings. The number of ether oxygens (including phenoxy) is 1. The van der Waals surface area contributed by atoms with Crippen molar-refractivity contribution in [2.24, 2.45) is 0 Å². The first-order valence-corrected chi connectivity index (χ1v) is 5.90. The molecule has 0 radical (unpaired) electrons. The van der Waals surface area contributed by atoms with Crippen LogP contribution in [0.15, 0.2) is 24.5 Å². The number of hydrogen-bond acceptors (Lipinski definition) is 3. The zero-order valence-electron chi connectivity index (χ0n) is 10.8. The van der Waals surface area contributed by atoms with Gasteiger partial charge in [0.1, 0.15) is 5.75 Å². The van der Waals surface area contributed by atoms with E-state index in [0.29, 0.717) is 12.2 Å². The van der Waals surface area contributed by atoms with E-state index in [-0.39, 0.29) is 0 Å². The van der Waals surface area contributed by atoms with Gasteiger partial charge < -0.3 is 4.74 Å². The fraction of sp³-hybridized carbons (Fsp3) is 0.286. The van der Waals surface area contributed by atoms with Crippen LogP contribution in [0.3, 0.4) is 0 Å². The highest BCUT2D eigenvalue weighted by Gasteiger charge is 2.10. The van der Waals surface area contributed by atoms with E-state index in [1.807, 2.05) is 33.0 Å². The van der Waals surface area contributed by atoms with Crippen molar-refractivity contribution in [2.45, 2.75) is 20.8 Å². The first-order valence-electron chi connectivity index (χ1n) is 5.90. The maximum absolute atomic E-state index is 11.2. The minimum atomic E-state index is 0.576. The number of aldehydes is 1. The topological polar surface area (TPSA) is 44.1 Å². The highest BCUT2D eigenvalue weighted by atomic mass is 16.5. The molecule has 4 nitrogen and oxygen atoms in total. The Hall–Kier alpha value is -2.10. The Morgan fingerprint density at radius 3 is 2.72 bits per heavy atom. The van der Waals surface area contributed by atoms with Crippen LogP contribution in [0.2, 0.25) is 0 Å². The minimum absolute atomic E-state index is 0.576. The largest absolute Gasteiger partial charge is 0.494 e. The van der Waals surface area contributed by atoms with E-state index in [4.69, 9.17) is 4.74 Å². The zero-order chi connectivity index (χ0) is 13.1. The Balaban J connectivity index is 2.54. The van der Waals surface area contributed by atoms with Gasteiger partial charge in [-0.15, -0.1) is 0 Å². The molecule has 0 amide bonds. The molecule has 0 saturated carbocycles. The van der Waals surface area contributed by atoms with Gasteiger partial charge in [0.25, 0.3) is 0 Å². The molecule has 0 unspecified atom stereocenters. The van der Waals surface area contributed by atoms with Crippen molar-refractivity contribution >= 4 is 6.29 Å². The fourth-order valence-corrected chi connectivity index (χ4v) is 1.84. The predicted octanol–water partition coefficient (Wildman–Crippen LogP) is 2.70. The molecule has 4 heteroatoms. The number of hydrogen-bond donors (Lipinski definition) is 0. The van der Waals surface area contributed by atoms with Crippen LogP contribution in [0.4, 0.5) is 0 Å². The van der Waals surface area contributed by atoms with E-state index in [2.05, 4.69) is 5.10 Å². The Morgan fingerprint density at radius 2 is 2.17 bits per heavy atom. The predicted molar refractivity (Wildman–Crippen MR) is 69.6 cm³/mol. The molecule has 2 aromatic rings. The molecule has 2 rings (SSSR count). The van der Waals surface area contributed by atoms with Gasteiger partial charge in [-0.25, -0.2) is 4.68 Å². The maximum Gasteiger partial charge on any atom is 0.152 e. The van der Waals surface area contributed by atoms with Gasteiger partial charge in [-0.2, -0.15) is 5.10 Å². The molecular formula is C14H16N2O2. The summed E-state index contributed by atoms with van der Waals surface area (Å²) in [5.74, 6) is 0.743. The zero-order valence-corrected chi connectivity index (χ0v) is 10.8. The van der Waals surface area contributed by atoms with E-state index >= 15 is 0 Å². The summed E-state index contributed by atoms with van der Waals surface area (Å²) < 4.78 is 7.20. The summed E-state index contributed by atoms with van der Waals surface area (Å²) in [6.07, 6.45) is 4.48. The summed E-state index contributed by atoms with van der Waals surface area (Å²) in [5.41, 5.74) is 3.40. The van der Waals surface area contributed by atoms with Gasteiger partial charge in [0.2, 0.25) is 0 Å². The highest BCUT2D eigenvalue weighted by Crippen LogP contribution is 2.24. The average Bonchev–Trinajstić information content (AvgIpc) is 2.78. The number of nitrogens with zero attached hydrogens (tertiary/aromatic N) is 2. The Kier molecular flexibility index (Phi) is 3.46. The van der Waals surface area contributed by atoms with Crippen LogP contribution in [0, 0.1) is 13.8 Å². The van der Waals surface area contributed by atoms with E-state index in [1.165, 1.54) is 0 Å². The molecule has 0 bridgehead atoms. The number of rotatable bonds is 4. The van der Waals surface area contributed by atoms with Crippen LogP contribution in [0.5, 0.6) is 5.75 Å². The molecule has 0 fully saturated rings. The van der Waals surface area contributed by atoms with Gasteiger partial charge in [0.05, 0.1) is 18.5 Å². The first-order chi connectivity index (χ1) is 8.65. The van der Waals surface area contributed by atoms with Crippen LogP contribution in [0.25, 0.3) is 5.69 Å². The van der Waals surface area contributed by atoms with Crippen molar-refractivity contribution in [3.63, 3.8) is 0 Å². The summed E-state index contributed by atoms with van der Waals surface area (Å²) in [6, 6.07) is 3.68. The van der Waals surface area contributed by atoms with Gasteiger partial charge in [-0.05, 0) is 44.0 Å². The minimum Gasteiger partial charge on any atom is -0.494 e. The molecule has 1 heterocycles. The van der Waals surface area contributed by atoms with Crippen LogP contribution >= 0.6 is 0 Å². The van der Waals surface area contributed by atoms with Crippen molar-refractivity contribution in [3.05, 3.63) is 41.2 Å². The summed E-state index contributed by atoms with van der Waals surface area (Å²) in [7, 11) is 0. The second kappa shape index (κ2) is 5.04. The molecule has 1 aromatic carbocycles. The standard InChI is InChI=1S/C14H16N2O2/c1-4-18-14-6-12(9-17)13(5-11(14)3)16-8-10(2)7-15-16/h5-9H,4H2,1-3H3. The SMILES string of the molecule is CCOc1cc(C=O)c(-n2cc(C)cn2)cc1C. The monoisotopic (exact) mass is 244 g/mol. The number of aromatic nitrogens is 2. The summed E-state index contributed by atoms with van der Waals surface area (Å²) >= 11 is 0. The van der Waals surface area contributed by atoms with Crippen molar-refractivity contribution in [2.75, 3.05) is 6.61 Å². The number of aryl methyl sites for hydroxylation is 2. The van der Waals surface area contributed by atoms with Crippen molar-refractivity contribution < 1.29 is 9.53 Å². The lowest BCUT2D eigenvalue weighted by molar-refractivity contribution is 0.112. The molecule has 1 aromatic heterocycles. The van der Waals surface area contributed by atoms with Gasteiger partial charge in [-0.1, -0.05) is 0 Å². The molecule has 0 saturated heterocycles. The summed E-state index contributed by atoms with van der Waals surface area (Å²) in [5, 5.41) is 4.23. The normalized spacial score (nSPS) is 10.4. The third-order valence-corrected chi connectivity index (χ3v) is 2.71. The van der Waals surface area contributed by atoms with Crippen molar-refractivity contribution in [1.82, 2.24) is 9.78 Å². The number of carbonyl (C=O) groups is 1. The second-order valence-electron chi connectivity index (χ2n) is 4.19. The molecule has 94 valence electrons. The molecule has 0 spiro atoms. The summed E-state index contributed by atoms with van der Waals surface area (Å²) in [6.45, 7) is 6.43. The van der Waals surface area contributed by atoms with E-state index in [1.54, 1.807) is 16.9 Å². The molecule has 18 heavy (non-hydrogen) atoms. The molecular weight excluding hydrogens is 228 g/mol. The van der Waals surface area contributed by atoms with E-state index in [0.717, 1.165) is 28.8 Å². The van der Waals surface area contributed by atoms with Crippen LogP contribution < -0.4 is 4.74 Å². The lowest BCUT2D eigenvalue weighted by Crippen LogP contribution is -2.03. The van der Waals surface area contributed by atoms with Crippen LogP contribution in [-0.4, -0.2) is 22.7 Å².